The number of hydrogen-bond acceptors (Lipinski definition) is 9. The van der Waals surface area contributed by atoms with Gasteiger partial charge in [0.1, 0.15) is 24.1 Å². The van der Waals surface area contributed by atoms with Crippen LogP contribution in [0.1, 0.15) is 42.4 Å². The normalized spacial score (nSPS) is 22.0. The molecule has 0 spiro atoms. The van der Waals surface area contributed by atoms with Gasteiger partial charge >= 0.3 is 6.09 Å². The van der Waals surface area contributed by atoms with Crippen LogP contribution in [0.4, 0.5) is 10.5 Å². The first-order valence-electron chi connectivity index (χ1n) is 16.5. The van der Waals surface area contributed by atoms with Gasteiger partial charge in [-0.3, -0.25) is 0 Å². The van der Waals surface area contributed by atoms with Gasteiger partial charge in [-0.2, -0.15) is 0 Å². The Kier molecular flexibility index (Phi) is 12.9. The molecule has 11 heteroatoms. The number of anilines is 1. The molecule has 3 aliphatic heterocycles. The first kappa shape index (κ1) is 34.4. The smallest absolute Gasteiger partial charge is 0.407 e. The van der Waals surface area contributed by atoms with Crippen LogP contribution in [-0.2, 0) is 47.2 Å². The number of ether oxygens (including phenoxy) is 7. The molecule has 2 saturated heterocycles. The van der Waals surface area contributed by atoms with Crippen LogP contribution in [0.3, 0.4) is 0 Å². The third-order valence-corrected chi connectivity index (χ3v) is 9.20. The fourth-order valence-electron chi connectivity index (χ4n) is 6.47. The van der Waals surface area contributed by atoms with Crippen molar-refractivity contribution in [2.45, 2.75) is 50.6 Å². The summed E-state index contributed by atoms with van der Waals surface area (Å²) in [4.78, 5) is 16.0. The number of nitrogens with zero attached hydrogens (tertiary/aromatic N) is 2. The van der Waals surface area contributed by atoms with Crippen molar-refractivity contribution in [1.82, 2.24) is 4.90 Å². The van der Waals surface area contributed by atoms with E-state index in [2.05, 4.69) is 35.2 Å². The molecule has 254 valence electrons. The molecule has 2 aromatic carbocycles. The maximum Gasteiger partial charge on any atom is 0.407 e. The molecule has 2 fully saturated rings. The number of amides is 1. The van der Waals surface area contributed by atoms with E-state index in [-0.39, 0.29) is 6.54 Å². The second-order valence-corrected chi connectivity index (χ2v) is 12.3. The number of piperidine rings is 1. The van der Waals surface area contributed by atoms with Crippen LogP contribution in [0.5, 0.6) is 5.75 Å². The number of benzene rings is 2. The van der Waals surface area contributed by atoms with Gasteiger partial charge in [0.15, 0.2) is 0 Å². The van der Waals surface area contributed by atoms with Crippen LogP contribution in [-0.4, -0.2) is 109 Å². The Morgan fingerprint density at radius 3 is 2.50 bits per heavy atom. The predicted molar refractivity (Wildman–Crippen MR) is 173 cm³/mol. The number of likely N-dealkylation sites (tertiary alicyclic amines) is 1. The van der Waals surface area contributed by atoms with Gasteiger partial charge in [0.25, 0.3) is 0 Å². The van der Waals surface area contributed by atoms with Gasteiger partial charge in [0.05, 0.1) is 51.8 Å². The molecule has 0 aromatic heterocycles. The zero-order chi connectivity index (χ0) is 32.2. The SMILES string of the molecule is COCCCN1CCOc2ccc(CO[C@H]3CN(C(=O)O)CC[C@]3(OCC3CCOCC3)c3ccc(COCCOC)cc3)cc21. The molecule has 2 aromatic rings. The van der Waals surface area contributed by atoms with Crippen molar-refractivity contribution < 1.29 is 43.1 Å². The monoisotopic (exact) mass is 642 g/mol. The van der Waals surface area contributed by atoms with E-state index in [9.17, 15) is 9.90 Å². The van der Waals surface area contributed by atoms with E-state index < -0.39 is 17.8 Å². The average Bonchev–Trinajstić information content (AvgIpc) is 3.09. The Morgan fingerprint density at radius 1 is 0.957 bits per heavy atom. The molecular weight excluding hydrogens is 592 g/mol. The number of rotatable bonds is 16. The van der Waals surface area contributed by atoms with Crippen molar-refractivity contribution in [2.75, 3.05) is 91.5 Å². The van der Waals surface area contributed by atoms with Crippen molar-refractivity contribution in [3.63, 3.8) is 0 Å². The van der Waals surface area contributed by atoms with E-state index in [1.165, 1.54) is 4.90 Å². The van der Waals surface area contributed by atoms with Crippen molar-refractivity contribution in [3.8, 4) is 5.75 Å². The summed E-state index contributed by atoms with van der Waals surface area (Å²) in [6, 6.07) is 14.4. The Labute approximate surface area is 272 Å². The summed E-state index contributed by atoms with van der Waals surface area (Å²) in [5.41, 5.74) is 3.26. The Bertz CT molecular complexity index is 1220. The van der Waals surface area contributed by atoms with E-state index in [1.807, 2.05) is 12.1 Å². The van der Waals surface area contributed by atoms with Crippen molar-refractivity contribution >= 4 is 11.8 Å². The lowest BCUT2D eigenvalue weighted by molar-refractivity contribution is -0.192. The van der Waals surface area contributed by atoms with Crippen LogP contribution >= 0.6 is 0 Å². The molecule has 2 atom stereocenters. The highest BCUT2D eigenvalue weighted by Crippen LogP contribution is 2.41. The Balaban J connectivity index is 1.38. The number of carbonyl (C=O) groups is 1. The molecule has 11 nitrogen and oxygen atoms in total. The number of methoxy groups -OCH3 is 2. The summed E-state index contributed by atoms with van der Waals surface area (Å²) in [5.74, 6) is 1.24. The third kappa shape index (κ3) is 8.90. The minimum absolute atomic E-state index is 0.211. The average molecular weight is 643 g/mol. The first-order valence-corrected chi connectivity index (χ1v) is 16.5. The Morgan fingerprint density at radius 2 is 1.74 bits per heavy atom. The van der Waals surface area contributed by atoms with E-state index >= 15 is 0 Å². The van der Waals surface area contributed by atoms with Crippen molar-refractivity contribution in [3.05, 3.63) is 59.2 Å². The van der Waals surface area contributed by atoms with E-state index in [0.717, 1.165) is 73.7 Å². The topological polar surface area (TPSA) is 108 Å². The lowest BCUT2D eigenvalue weighted by atomic mass is 9.81. The Hall–Kier alpha value is -2.93. The minimum atomic E-state index is -0.951. The number of fused-ring (bicyclic) bond motifs is 1. The van der Waals surface area contributed by atoms with E-state index in [0.29, 0.717) is 65.1 Å². The van der Waals surface area contributed by atoms with E-state index in [4.69, 9.17) is 33.2 Å². The van der Waals surface area contributed by atoms with Gasteiger partial charge in [-0.05, 0) is 54.0 Å². The summed E-state index contributed by atoms with van der Waals surface area (Å²) < 4.78 is 41.3. The molecule has 5 rings (SSSR count). The number of hydrogen-bond donors (Lipinski definition) is 1. The zero-order valence-corrected chi connectivity index (χ0v) is 27.3. The fourth-order valence-corrected chi connectivity index (χ4v) is 6.47. The quantitative estimate of drug-likeness (QED) is 0.259. The molecule has 3 heterocycles. The van der Waals surface area contributed by atoms with Gasteiger partial charge < -0.3 is 48.1 Å². The molecule has 0 saturated carbocycles. The minimum Gasteiger partial charge on any atom is -0.490 e. The second kappa shape index (κ2) is 17.3. The maximum atomic E-state index is 12.2. The van der Waals surface area contributed by atoms with Gasteiger partial charge in [0.2, 0.25) is 0 Å². The zero-order valence-electron chi connectivity index (χ0n) is 27.3. The van der Waals surface area contributed by atoms with Crippen LogP contribution < -0.4 is 9.64 Å². The number of carboxylic acid groups (broad SMARTS) is 1. The molecule has 1 N–H and O–H groups in total. The molecule has 0 aliphatic carbocycles. The van der Waals surface area contributed by atoms with Crippen LogP contribution in [0.15, 0.2) is 42.5 Å². The second-order valence-electron chi connectivity index (χ2n) is 12.3. The largest absolute Gasteiger partial charge is 0.490 e. The van der Waals surface area contributed by atoms with Crippen LogP contribution in [0.25, 0.3) is 0 Å². The lowest BCUT2D eigenvalue weighted by Gasteiger charge is -2.47. The molecule has 0 bridgehead atoms. The standard InChI is InChI=1S/C35H50N2O9/c1-40-16-3-13-36-15-19-44-32-9-6-29(22-31(32)36)25-45-33-23-37(34(38)39)14-12-35(33,46-26-28-10-17-42-18-11-28)30-7-4-27(5-8-30)24-43-21-20-41-2/h4-9,22,28,33H,3,10-21,23-26H2,1-2H3,(H,38,39)/t33-,35-/m0/s1. The van der Waals surface area contributed by atoms with Crippen LogP contribution in [0.2, 0.25) is 0 Å². The first-order chi connectivity index (χ1) is 22.5. The van der Waals surface area contributed by atoms with E-state index in [1.54, 1.807) is 14.2 Å². The van der Waals surface area contributed by atoms with Gasteiger partial charge in [-0.15, -0.1) is 0 Å². The highest BCUT2D eigenvalue weighted by molar-refractivity contribution is 5.65. The summed E-state index contributed by atoms with van der Waals surface area (Å²) in [5, 5.41) is 9.99. The molecule has 0 unspecified atom stereocenters. The van der Waals surface area contributed by atoms with Gasteiger partial charge in [-0.1, -0.05) is 30.3 Å². The molecule has 0 radical (unpaired) electrons. The fraction of sp³-hybridized carbons (Fsp3) is 0.629. The summed E-state index contributed by atoms with van der Waals surface area (Å²) >= 11 is 0. The highest BCUT2D eigenvalue weighted by atomic mass is 16.6. The predicted octanol–water partition coefficient (Wildman–Crippen LogP) is 4.69. The molecule has 1 amide bonds. The third-order valence-electron chi connectivity index (χ3n) is 9.20. The summed E-state index contributed by atoms with van der Waals surface area (Å²) in [6.07, 6.45) is 1.83. The summed E-state index contributed by atoms with van der Waals surface area (Å²) in [6.45, 7) is 7.50. The van der Waals surface area contributed by atoms with Crippen molar-refractivity contribution in [2.24, 2.45) is 5.92 Å². The molecular formula is C35H50N2O9. The molecule has 46 heavy (non-hydrogen) atoms. The van der Waals surface area contributed by atoms with Crippen LogP contribution in [0, 0.1) is 5.92 Å². The highest BCUT2D eigenvalue weighted by Gasteiger charge is 2.48. The summed E-state index contributed by atoms with van der Waals surface area (Å²) in [7, 11) is 3.38. The van der Waals surface area contributed by atoms with Crippen molar-refractivity contribution in [1.29, 1.82) is 0 Å². The van der Waals surface area contributed by atoms with Gasteiger partial charge in [0, 0.05) is 53.6 Å². The maximum absolute atomic E-state index is 12.2. The van der Waals surface area contributed by atoms with Gasteiger partial charge in [-0.25, -0.2) is 4.79 Å². The molecule has 3 aliphatic rings. The lowest BCUT2D eigenvalue weighted by Crippen LogP contribution is -2.57.